The molecule has 1 aliphatic rings. The van der Waals surface area contributed by atoms with Crippen LogP contribution in [0.15, 0.2) is 12.4 Å². The summed E-state index contributed by atoms with van der Waals surface area (Å²) in [5.41, 5.74) is 0.749. The number of nitrogens with zero attached hydrogens (tertiary/aromatic N) is 3. The summed E-state index contributed by atoms with van der Waals surface area (Å²) in [6.45, 7) is 1.68. The highest BCUT2D eigenvalue weighted by Crippen LogP contribution is 2.18. The molecule has 2 heterocycles. The molecular formula is C11H15N3O3. The molecule has 0 radical (unpaired) electrons. The van der Waals surface area contributed by atoms with Crippen LogP contribution in [0.3, 0.4) is 0 Å². The molecule has 0 atom stereocenters. The van der Waals surface area contributed by atoms with Crippen LogP contribution in [0.25, 0.3) is 0 Å². The SMILES string of the molecule is COCCn1cc(N2CCC(=O)CC2=O)cn1. The molecule has 1 saturated heterocycles. The predicted octanol–water partition coefficient (Wildman–Crippen LogP) is 0.225. The van der Waals surface area contributed by atoms with Gasteiger partial charge < -0.3 is 9.64 Å². The predicted molar refractivity (Wildman–Crippen MR) is 60.7 cm³/mol. The standard InChI is InChI=1S/C11H15N3O3/c1-17-5-4-13-8-9(7-12-13)14-3-2-10(15)6-11(14)16/h7-8H,2-6H2,1H3. The Morgan fingerprint density at radius 1 is 1.47 bits per heavy atom. The van der Waals surface area contributed by atoms with E-state index in [9.17, 15) is 9.59 Å². The Hall–Kier alpha value is -1.69. The number of ketones is 1. The Bertz CT molecular complexity index is 427. The molecule has 1 aliphatic heterocycles. The van der Waals surface area contributed by atoms with Gasteiger partial charge in [0.05, 0.1) is 31.5 Å². The molecule has 1 aromatic heterocycles. The minimum absolute atomic E-state index is 0.00323. The molecule has 6 heteroatoms. The molecule has 0 spiro atoms. The number of hydrogen-bond acceptors (Lipinski definition) is 4. The maximum Gasteiger partial charge on any atom is 0.234 e. The number of carbonyl (C=O) groups is 2. The van der Waals surface area contributed by atoms with E-state index in [1.54, 1.807) is 29.1 Å². The molecule has 6 nitrogen and oxygen atoms in total. The first kappa shape index (κ1) is 11.8. The molecule has 0 aliphatic carbocycles. The van der Waals surface area contributed by atoms with Crippen molar-refractivity contribution in [3.8, 4) is 0 Å². The van der Waals surface area contributed by atoms with Gasteiger partial charge in [-0.15, -0.1) is 0 Å². The maximum absolute atomic E-state index is 11.7. The maximum atomic E-state index is 11.7. The molecule has 2 rings (SSSR count). The number of aromatic nitrogens is 2. The molecule has 17 heavy (non-hydrogen) atoms. The van der Waals surface area contributed by atoms with Crippen LogP contribution in [0.2, 0.25) is 0 Å². The van der Waals surface area contributed by atoms with Crippen LogP contribution in [0, 0.1) is 0 Å². The van der Waals surface area contributed by atoms with E-state index in [2.05, 4.69) is 5.10 Å². The lowest BCUT2D eigenvalue weighted by molar-refractivity contribution is -0.128. The topological polar surface area (TPSA) is 64.4 Å². The van der Waals surface area contributed by atoms with Crippen LogP contribution in [-0.4, -0.2) is 41.7 Å². The average molecular weight is 237 g/mol. The van der Waals surface area contributed by atoms with Gasteiger partial charge in [-0.25, -0.2) is 0 Å². The molecule has 0 saturated carbocycles. The third kappa shape index (κ3) is 2.71. The molecule has 0 N–H and O–H groups in total. The van der Waals surface area contributed by atoms with Gasteiger partial charge in [-0.3, -0.25) is 14.3 Å². The number of hydrogen-bond donors (Lipinski definition) is 0. The van der Waals surface area contributed by atoms with Crippen molar-refractivity contribution in [2.45, 2.75) is 19.4 Å². The lowest BCUT2D eigenvalue weighted by Gasteiger charge is -2.24. The smallest absolute Gasteiger partial charge is 0.234 e. The quantitative estimate of drug-likeness (QED) is 0.703. The molecular weight excluding hydrogens is 222 g/mol. The van der Waals surface area contributed by atoms with Gasteiger partial charge in [-0.1, -0.05) is 0 Å². The summed E-state index contributed by atoms with van der Waals surface area (Å²) >= 11 is 0. The number of rotatable bonds is 4. The van der Waals surface area contributed by atoms with Crippen molar-refractivity contribution in [2.24, 2.45) is 0 Å². The van der Waals surface area contributed by atoms with Crippen molar-refractivity contribution in [3.05, 3.63) is 12.4 Å². The summed E-state index contributed by atoms with van der Waals surface area (Å²) in [6.07, 6.45) is 3.87. The lowest BCUT2D eigenvalue weighted by atomic mass is 10.1. The molecule has 0 bridgehead atoms. The second kappa shape index (κ2) is 5.09. The van der Waals surface area contributed by atoms with Gasteiger partial charge >= 0.3 is 0 Å². The van der Waals surface area contributed by atoms with Crippen molar-refractivity contribution in [1.82, 2.24) is 9.78 Å². The average Bonchev–Trinajstić information content (AvgIpc) is 2.75. The monoisotopic (exact) mass is 237 g/mol. The first-order valence-corrected chi connectivity index (χ1v) is 5.54. The molecule has 0 unspecified atom stereocenters. The normalized spacial score (nSPS) is 16.6. The van der Waals surface area contributed by atoms with Gasteiger partial charge in [0.1, 0.15) is 5.78 Å². The third-order valence-electron chi connectivity index (χ3n) is 2.72. The Balaban J connectivity index is 2.04. The first-order valence-electron chi connectivity index (χ1n) is 5.54. The number of piperidine rings is 1. The molecule has 1 fully saturated rings. The highest BCUT2D eigenvalue weighted by Gasteiger charge is 2.25. The molecule has 1 aromatic rings. The zero-order valence-corrected chi connectivity index (χ0v) is 9.76. The highest BCUT2D eigenvalue weighted by molar-refractivity contribution is 6.08. The van der Waals surface area contributed by atoms with Crippen molar-refractivity contribution in [1.29, 1.82) is 0 Å². The van der Waals surface area contributed by atoms with Crippen molar-refractivity contribution < 1.29 is 14.3 Å². The molecule has 0 aromatic carbocycles. The van der Waals surface area contributed by atoms with Crippen LogP contribution in [0.4, 0.5) is 5.69 Å². The summed E-state index contributed by atoms with van der Waals surface area (Å²) in [5, 5.41) is 4.14. The Morgan fingerprint density at radius 3 is 3.00 bits per heavy atom. The molecule has 92 valence electrons. The minimum atomic E-state index is -0.146. The second-order valence-corrected chi connectivity index (χ2v) is 3.97. The van der Waals surface area contributed by atoms with Gasteiger partial charge in [0.2, 0.25) is 5.91 Å². The van der Waals surface area contributed by atoms with E-state index >= 15 is 0 Å². The number of carbonyl (C=O) groups excluding carboxylic acids is 2. The van der Waals surface area contributed by atoms with Gasteiger partial charge in [0, 0.05) is 26.3 Å². The summed E-state index contributed by atoms with van der Waals surface area (Å²) in [7, 11) is 1.63. The van der Waals surface area contributed by atoms with Crippen LogP contribution >= 0.6 is 0 Å². The number of amides is 1. The van der Waals surface area contributed by atoms with Crippen LogP contribution in [-0.2, 0) is 20.9 Å². The summed E-state index contributed by atoms with van der Waals surface area (Å²) in [4.78, 5) is 24.4. The fourth-order valence-corrected chi connectivity index (χ4v) is 1.79. The van der Waals surface area contributed by atoms with E-state index in [1.165, 1.54) is 0 Å². The highest BCUT2D eigenvalue weighted by atomic mass is 16.5. The van der Waals surface area contributed by atoms with E-state index in [0.717, 1.165) is 5.69 Å². The number of ether oxygens (including phenoxy) is 1. The largest absolute Gasteiger partial charge is 0.383 e. The Morgan fingerprint density at radius 2 is 2.29 bits per heavy atom. The fraction of sp³-hybridized carbons (Fsp3) is 0.545. The summed E-state index contributed by atoms with van der Waals surface area (Å²) in [6, 6.07) is 0. The minimum Gasteiger partial charge on any atom is -0.383 e. The number of Topliss-reactive ketones (excluding diaryl/α,β-unsaturated/α-hetero) is 1. The summed E-state index contributed by atoms with van der Waals surface area (Å²) in [5.74, 6) is -0.134. The van der Waals surface area contributed by atoms with Crippen molar-refractivity contribution >= 4 is 17.4 Å². The molecule has 1 amide bonds. The van der Waals surface area contributed by atoms with Crippen molar-refractivity contribution in [2.75, 3.05) is 25.2 Å². The Kier molecular flexibility index (Phi) is 3.53. The summed E-state index contributed by atoms with van der Waals surface area (Å²) < 4.78 is 6.67. The van der Waals surface area contributed by atoms with Crippen LogP contribution < -0.4 is 4.90 Å². The van der Waals surface area contributed by atoms with Crippen molar-refractivity contribution in [3.63, 3.8) is 0 Å². The van der Waals surface area contributed by atoms with Gasteiger partial charge in [-0.05, 0) is 0 Å². The van der Waals surface area contributed by atoms with E-state index in [1.807, 2.05) is 0 Å². The number of anilines is 1. The van der Waals surface area contributed by atoms with Gasteiger partial charge in [-0.2, -0.15) is 5.10 Å². The van der Waals surface area contributed by atoms with Gasteiger partial charge in [0.15, 0.2) is 0 Å². The second-order valence-electron chi connectivity index (χ2n) is 3.97. The fourth-order valence-electron chi connectivity index (χ4n) is 1.79. The third-order valence-corrected chi connectivity index (χ3v) is 2.72. The zero-order valence-electron chi connectivity index (χ0n) is 9.76. The van der Waals surface area contributed by atoms with Gasteiger partial charge in [0.25, 0.3) is 0 Å². The Labute approximate surface area is 99.1 Å². The first-order chi connectivity index (χ1) is 8.20. The van der Waals surface area contributed by atoms with E-state index in [-0.39, 0.29) is 18.1 Å². The zero-order chi connectivity index (χ0) is 12.3. The van der Waals surface area contributed by atoms with Crippen LogP contribution in [0.1, 0.15) is 12.8 Å². The van der Waals surface area contributed by atoms with E-state index in [0.29, 0.717) is 26.1 Å². The van der Waals surface area contributed by atoms with E-state index < -0.39 is 0 Å². The van der Waals surface area contributed by atoms with Crippen LogP contribution in [0.5, 0.6) is 0 Å². The van der Waals surface area contributed by atoms with E-state index in [4.69, 9.17) is 4.74 Å². The lowest BCUT2D eigenvalue weighted by Crippen LogP contribution is -2.38. The number of methoxy groups -OCH3 is 1.